The van der Waals surface area contributed by atoms with E-state index in [1.54, 1.807) is 28.8 Å². The van der Waals surface area contributed by atoms with Crippen LogP contribution in [0.4, 0.5) is 5.69 Å². The zero-order valence-electron chi connectivity index (χ0n) is 15.2. The lowest BCUT2D eigenvalue weighted by Gasteiger charge is -2.18. The Morgan fingerprint density at radius 2 is 1.86 bits per heavy atom. The quantitative estimate of drug-likeness (QED) is 0.544. The molecule has 4 nitrogen and oxygen atoms in total. The summed E-state index contributed by atoms with van der Waals surface area (Å²) in [5.74, 6) is 1.32. The minimum atomic E-state index is -0.118. The monoisotopic (exact) mass is 411 g/mol. The summed E-state index contributed by atoms with van der Waals surface area (Å²) in [4.78, 5) is 15.9. The number of ether oxygens (including phenoxy) is 2. The Hall–Kier alpha value is -2.63. The van der Waals surface area contributed by atoms with Crippen LogP contribution in [0.1, 0.15) is 15.9 Å². The molecule has 1 amide bonds. The molecule has 0 atom stereocenters. The van der Waals surface area contributed by atoms with Gasteiger partial charge in [0, 0.05) is 10.5 Å². The molecule has 1 aliphatic heterocycles. The number of para-hydroxylation sites is 1. The van der Waals surface area contributed by atoms with Crippen LogP contribution in [0.5, 0.6) is 11.5 Å². The fourth-order valence-corrected chi connectivity index (χ4v) is 4.33. The second kappa shape index (κ2) is 8.17. The lowest BCUT2D eigenvalue weighted by Crippen LogP contribution is -2.27. The molecule has 142 valence electrons. The molecule has 3 aromatic rings. The number of carbonyl (C=O) groups is 1. The van der Waals surface area contributed by atoms with E-state index in [-0.39, 0.29) is 5.91 Å². The third kappa shape index (κ3) is 3.68. The Balaban J connectivity index is 1.59. The molecule has 0 aliphatic carbocycles. The topological polar surface area (TPSA) is 38.8 Å². The summed E-state index contributed by atoms with van der Waals surface area (Å²) in [5, 5.41) is 0.346. The molecule has 4 rings (SSSR count). The van der Waals surface area contributed by atoms with E-state index in [0.29, 0.717) is 34.6 Å². The Morgan fingerprint density at radius 1 is 1.11 bits per heavy atom. The third-order valence-corrected chi connectivity index (χ3v) is 5.78. The summed E-state index contributed by atoms with van der Waals surface area (Å²) in [6.07, 6.45) is 0. The normalized spacial score (nSPS) is 12.6. The van der Waals surface area contributed by atoms with E-state index in [1.807, 2.05) is 54.6 Å². The highest BCUT2D eigenvalue weighted by atomic mass is 35.5. The summed E-state index contributed by atoms with van der Waals surface area (Å²) in [6, 6.07) is 21.0. The van der Waals surface area contributed by atoms with Gasteiger partial charge >= 0.3 is 0 Å². The maximum atomic E-state index is 13.1. The first-order valence-corrected chi connectivity index (χ1v) is 10.1. The molecule has 28 heavy (non-hydrogen) atoms. The molecule has 0 bridgehead atoms. The molecule has 3 aromatic carbocycles. The number of halogens is 1. The van der Waals surface area contributed by atoms with E-state index >= 15 is 0 Å². The number of methoxy groups -OCH3 is 1. The molecule has 6 heteroatoms. The van der Waals surface area contributed by atoms with Gasteiger partial charge in [0.15, 0.2) is 11.5 Å². The number of amides is 1. The number of benzene rings is 3. The molecule has 0 radical (unpaired) electrons. The smallest absolute Gasteiger partial charge is 0.259 e. The average Bonchev–Trinajstić information content (AvgIpc) is 3.16. The van der Waals surface area contributed by atoms with Crippen LogP contribution in [0.2, 0.25) is 5.02 Å². The van der Waals surface area contributed by atoms with Gasteiger partial charge in [0.2, 0.25) is 0 Å². The third-order valence-electron chi connectivity index (χ3n) is 4.45. The molecule has 1 aliphatic rings. The first-order valence-electron chi connectivity index (χ1n) is 8.75. The van der Waals surface area contributed by atoms with Crippen molar-refractivity contribution >= 4 is 35.0 Å². The van der Waals surface area contributed by atoms with E-state index in [9.17, 15) is 4.79 Å². The number of fused-ring (bicyclic) bond motifs is 1. The lowest BCUT2D eigenvalue weighted by atomic mass is 10.1. The van der Waals surface area contributed by atoms with Crippen molar-refractivity contribution < 1.29 is 14.3 Å². The van der Waals surface area contributed by atoms with E-state index in [0.717, 1.165) is 16.1 Å². The molecule has 1 heterocycles. The predicted molar refractivity (Wildman–Crippen MR) is 113 cm³/mol. The van der Waals surface area contributed by atoms with Gasteiger partial charge in [-0.1, -0.05) is 54.1 Å². The number of hydrogen-bond acceptors (Lipinski definition) is 4. The van der Waals surface area contributed by atoms with Gasteiger partial charge in [0.25, 0.3) is 5.91 Å². The molecule has 0 N–H and O–H groups in total. The predicted octanol–water partition coefficient (Wildman–Crippen LogP) is 5.64. The molecule has 0 aromatic heterocycles. The van der Waals surface area contributed by atoms with Crippen LogP contribution < -0.4 is 14.4 Å². The van der Waals surface area contributed by atoms with Crippen molar-refractivity contribution in [1.29, 1.82) is 0 Å². The van der Waals surface area contributed by atoms with E-state index in [4.69, 9.17) is 21.1 Å². The van der Waals surface area contributed by atoms with Gasteiger partial charge in [0.05, 0.1) is 23.7 Å². The summed E-state index contributed by atoms with van der Waals surface area (Å²) in [6.45, 7) is 0.361. The number of rotatable bonds is 5. The fraction of sp³-hybridized carbons (Fsp3) is 0.136. The highest BCUT2D eigenvalue weighted by molar-refractivity contribution is 8.00. The second-order valence-electron chi connectivity index (χ2n) is 6.24. The molecule has 0 fully saturated rings. The van der Waals surface area contributed by atoms with Crippen molar-refractivity contribution in [2.24, 2.45) is 0 Å². The van der Waals surface area contributed by atoms with Gasteiger partial charge in [-0.25, -0.2) is 0 Å². The first-order chi connectivity index (χ1) is 13.7. The van der Waals surface area contributed by atoms with Crippen LogP contribution in [0.25, 0.3) is 0 Å². The van der Waals surface area contributed by atoms with Crippen molar-refractivity contribution in [3.05, 3.63) is 82.9 Å². The molecule has 0 saturated heterocycles. The summed E-state index contributed by atoms with van der Waals surface area (Å²) < 4.78 is 11.3. The molecule has 0 saturated carbocycles. The number of thioether (sulfide) groups is 1. The first kappa shape index (κ1) is 18.7. The maximum Gasteiger partial charge on any atom is 0.259 e. The van der Waals surface area contributed by atoms with Crippen LogP contribution in [0.3, 0.4) is 0 Å². The molecular formula is C22H18ClNO3S. The van der Waals surface area contributed by atoms with Crippen LogP contribution in [-0.2, 0) is 6.61 Å². The van der Waals surface area contributed by atoms with Crippen LogP contribution in [-0.4, -0.2) is 18.9 Å². The molecular weight excluding hydrogens is 394 g/mol. The number of hydrogen-bond donors (Lipinski definition) is 0. The van der Waals surface area contributed by atoms with Crippen molar-refractivity contribution in [3.8, 4) is 11.5 Å². The Kier molecular flexibility index (Phi) is 5.46. The Labute approximate surface area is 173 Å². The van der Waals surface area contributed by atoms with Crippen molar-refractivity contribution in [1.82, 2.24) is 0 Å². The van der Waals surface area contributed by atoms with Crippen molar-refractivity contribution in [3.63, 3.8) is 0 Å². The minimum Gasteiger partial charge on any atom is -0.493 e. The van der Waals surface area contributed by atoms with Gasteiger partial charge in [-0.2, -0.15) is 0 Å². The van der Waals surface area contributed by atoms with Crippen molar-refractivity contribution in [2.45, 2.75) is 11.5 Å². The van der Waals surface area contributed by atoms with Crippen LogP contribution in [0, 0.1) is 0 Å². The zero-order chi connectivity index (χ0) is 19.5. The van der Waals surface area contributed by atoms with Crippen LogP contribution >= 0.6 is 23.4 Å². The molecule has 0 unspecified atom stereocenters. The summed E-state index contributed by atoms with van der Waals surface area (Å²) in [7, 11) is 1.54. The summed E-state index contributed by atoms with van der Waals surface area (Å²) in [5.41, 5.74) is 2.40. The second-order valence-corrected chi connectivity index (χ2v) is 7.63. The van der Waals surface area contributed by atoms with Crippen LogP contribution in [0.15, 0.2) is 71.6 Å². The Morgan fingerprint density at radius 3 is 2.64 bits per heavy atom. The Bertz CT molecular complexity index is 1010. The summed E-state index contributed by atoms with van der Waals surface area (Å²) >= 11 is 8.09. The van der Waals surface area contributed by atoms with Gasteiger partial charge in [-0.05, 0) is 29.8 Å². The maximum absolute atomic E-state index is 13.1. The zero-order valence-corrected chi connectivity index (χ0v) is 16.8. The number of nitrogens with zero attached hydrogens (tertiary/aromatic N) is 1. The SMILES string of the molecule is COc1cc(C(=O)N2CSc3ccccc32)cc(Cl)c1OCc1ccccc1. The van der Waals surface area contributed by atoms with E-state index < -0.39 is 0 Å². The van der Waals surface area contributed by atoms with Gasteiger partial charge < -0.3 is 9.47 Å². The van der Waals surface area contributed by atoms with Gasteiger partial charge in [-0.15, -0.1) is 11.8 Å². The highest BCUT2D eigenvalue weighted by Gasteiger charge is 2.27. The standard InChI is InChI=1S/C22H18ClNO3S/c1-26-19-12-16(22(25)24-14-28-20-10-6-5-9-18(20)24)11-17(23)21(19)27-13-15-7-3-2-4-8-15/h2-12H,13-14H2,1H3. The minimum absolute atomic E-state index is 0.118. The van der Waals surface area contributed by atoms with Crippen molar-refractivity contribution in [2.75, 3.05) is 17.9 Å². The number of carbonyl (C=O) groups excluding carboxylic acids is 1. The largest absolute Gasteiger partial charge is 0.493 e. The van der Waals surface area contributed by atoms with Gasteiger partial charge in [-0.3, -0.25) is 9.69 Å². The van der Waals surface area contributed by atoms with E-state index in [1.165, 1.54) is 7.11 Å². The van der Waals surface area contributed by atoms with Gasteiger partial charge in [0.1, 0.15) is 6.61 Å². The molecule has 0 spiro atoms. The lowest BCUT2D eigenvalue weighted by molar-refractivity contribution is 0.0991. The fourth-order valence-electron chi connectivity index (χ4n) is 3.04. The number of anilines is 1. The highest BCUT2D eigenvalue weighted by Crippen LogP contribution is 2.41. The van der Waals surface area contributed by atoms with E-state index in [2.05, 4.69) is 0 Å². The average molecular weight is 412 g/mol.